The highest BCUT2D eigenvalue weighted by atomic mass is 19.1. The van der Waals surface area contributed by atoms with Gasteiger partial charge in [0.25, 0.3) is 0 Å². The Morgan fingerprint density at radius 3 is 2.90 bits per heavy atom. The van der Waals surface area contributed by atoms with E-state index in [4.69, 9.17) is 0 Å². The second-order valence-corrected chi connectivity index (χ2v) is 5.39. The molecule has 0 spiro atoms. The van der Waals surface area contributed by atoms with E-state index in [1.54, 1.807) is 6.07 Å². The van der Waals surface area contributed by atoms with Gasteiger partial charge < -0.3 is 10.0 Å². The Bertz CT molecular complexity index is 647. The van der Waals surface area contributed by atoms with Crippen molar-refractivity contribution in [2.45, 2.75) is 19.4 Å². The molecule has 0 amide bonds. The van der Waals surface area contributed by atoms with Gasteiger partial charge in [-0.2, -0.15) is 0 Å². The predicted molar refractivity (Wildman–Crippen MR) is 73.7 cm³/mol. The summed E-state index contributed by atoms with van der Waals surface area (Å²) >= 11 is 0. The molecule has 1 aromatic heterocycles. The summed E-state index contributed by atoms with van der Waals surface area (Å²) in [7, 11) is 0. The van der Waals surface area contributed by atoms with Crippen LogP contribution < -0.4 is 4.90 Å². The molecule has 0 saturated carbocycles. The molecule has 0 aliphatic carbocycles. The zero-order valence-electron chi connectivity index (χ0n) is 11.2. The Morgan fingerprint density at radius 1 is 1.35 bits per heavy atom. The van der Waals surface area contributed by atoms with Gasteiger partial charge in [-0.25, -0.2) is 8.78 Å². The number of anilines is 1. The highest BCUT2D eigenvalue weighted by molar-refractivity contribution is 5.92. The number of nitrogens with zero attached hydrogens (tertiary/aromatic N) is 2. The lowest BCUT2D eigenvalue weighted by Crippen LogP contribution is -2.43. The molecule has 1 aliphatic heterocycles. The Balaban J connectivity index is 2.08. The highest BCUT2D eigenvalue weighted by Gasteiger charge is 2.25. The molecule has 0 radical (unpaired) electrons. The van der Waals surface area contributed by atoms with Crippen LogP contribution in [0.2, 0.25) is 0 Å². The summed E-state index contributed by atoms with van der Waals surface area (Å²) < 4.78 is 27.2. The molecule has 2 heterocycles. The molecule has 106 valence electrons. The van der Waals surface area contributed by atoms with Crippen LogP contribution in [0.25, 0.3) is 10.9 Å². The molecule has 5 heteroatoms. The van der Waals surface area contributed by atoms with Crippen molar-refractivity contribution in [2.75, 3.05) is 18.0 Å². The molecule has 20 heavy (non-hydrogen) atoms. The third kappa shape index (κ3) is 2.22. The van der Waals surface area contributed by atoms with Gasteiger partial charge in [0.15, 0.2) is 5.82 Å². The Hall–Kier alpha value is -1.75. The van der Waals surface area contributed by atoms with Crippen LogP contribution in [0.4, 0.5) is 14.5 Å². The number of β-amino-alcohol motifs (C(OH)–C–C–N with tert-alkyl or cyclic N) is 1. The summed E-state index contributed by atoms with van der Waals surface area (Å²) in [5.41, 5.74) is 0.886. The van der Waals surface area contributed by atoms with Crippen LogP contribution in [0.5, 0.6) is 0 Å². The first-order valence-corrected chi connectivity index (χ1v) is 6.73. The topological polar surface area (TPSA) is 36.4 Å². The van der Waals surface area contributed by atoms with Crippen molar-refractivity contribution in [3.63, 3.8) is 0 Å². The number of fused-ring (bicyclic) bond motifs is 1. The molecule has 1 N–H and O–H groups in total. The van der Waals surface area contributed by atoms with Crippen LogP contribution in [0.3, 0.4) is 0 Å². The largest absolute Gasteiger partial charge is 0.391 e. The maximum atomic E-state index is 13.8. The van der Waals surface area contributed by atoms with Crippen molar-refractivity contribution in [1.82, 2.24) is 4.98 Å². The standard InChI is InChI=1S/C15H16F2N2O/c1-9-3-5-19(8-14(9)20)13-2-4-18-15-11(13)6-10(16)7-12(15)17/h2,4,6-7,9,14,20H,3,5,8H2,1H3/t9-,14-/m1/s1. The number of benzene rings is 1. The van der Waals surface area contributed by atoms with Crippen LogP contribution in [0.15, 0.2) is 24.4 Å². The van der Waals surface area contributed by atoms with E-state index >= 15 is 0 Å². The quantitative estimate of drug-likeness (QED) is 0.871. The molecule has 0 unspecified atom stereocenters. The SMILES string of the molecule is C[C@@H]1CCN(c2ccnc3c(F)cc(F)cc23)C[C@H]1O. The summed E-state index contributed by atoms with van der Waals surface area (Å²) in [6, 6.07) is 3.88. The first-order valence-electron chi connectivity index (χ1n) is 6.73. The fourth-order valence-corrected chi connectivity index (χ4v) is 2.71. The lowest BCUT2D eigenvalue weighted by atomic mass is 9.95. The van der Waals surface area contributed by atoms with Gasteiger partial charge in [-0.3, -0.25) is 4.98 Å². The molecule has 2 atom stereocenters. The van der Waals surface area contributed by atoms with Crippen molar-refractivity contribution in [3.05, 3.63) is 36.0 Å². The predicted octanol–water partition coefficient (Wildman–Crippen LogP) is 2.72. The summed E-state index contributed by atoms with van der Waals surface area (Å²) in [6.45, 7) is 3.24. The molecule has 0 bridgehead atoms. The summed E-state index contributed by atoms with van der Waals surface area (Å²) in [5.74, 6) is -1.03. The average molecular weight is 278 g/mol. The number of rotatable bonds is 1. The lowest BCUT2D eigenvalue weighted by molar-refractivity contribution is 0.103. The van der Waals surface area contributed by atoms with E-state index in [1.165, 1.54) is 12.3 Å². The van der Waals surface area contributed by atoms with Gasteiger partial charge in [-0.15, -0.1) is 0 Å². The van der Waals surface area contributed by atoms with Gasteiger partial charge in [-0.05, 0) is 24.5 Å². The molecule has 1 aliphatic rings. The molecular formula is C15H16F2N2O. The zero-order valence-corrected chi connectivity index (χ0v) is 11.2. The molecule has 1 saturated heterocycles. The van der Waals surface area contributed by atoms with Crippen LogP contribution in [0, 0.1) is 17.6 Å². The van der Waals surface area contributed by atoms with E-state index in [1.807, 2.05) is 11.8 Å². The average Bonchev–Trinajstić information content (AvgIpc) is 2.41. The lowest BCUT2D eigenvalue weighted by Gasteiger charge is -2.36. The number of aromatic nitrogens is 1. The number of halogens is 2. The van der Waals surface area contributed by atoms with Crippen LogP contribution in [-0.2, 0) is 0 Å². The zero-order chi connectivity index (χ0) is 14.3. The van der Waals surface area contributed by atoms with E-state index in [0.717, 1.165) is 24.7 Å². The van der Waals surface area contributed by atoms with Crippen molar-refractivity contribution in [2.24, 2.45) is 5.92 Å². The minimum Gasteiger partial charge on any atom is -0.391 e. The number of hydrogen-bond donors (Lipinski definition) is 1. The van der Waals surface area contributed by atoms with Crippen LogP contribution in [0.1, 0.15) is 13.3 Å². The number of aliphatic hydroxyl groups is 1. The molecule has 1 aromatic carbocycles. The van der Waals surface area contributed by atoms with Crippen molar-refractivity contribution in [1.29, 1.82) is 0 Å². The van der Waals surface area contributed by atoms with Crippen molar-refractivity contribution >= 4 is 16.6 Å². The fraction of sp³-hybridized carbons (Fsp3) is 0.400. The number of aliphatic hydroxyl groups excluding tert-OH is 1. The van der Waals surface area contributed by atoms with Gasteiger partial charge in [0.05, 0.1) is 6.10 Å². The summed E-state index contributed by atoms with van der Waals surface area (Å²) in [4.78, 5) is 5.95. The van der Waals surface area contributed by atoms with Gasteiger partial charge >= 0.3 is 0 Å². The maximum absolute atomic E-state index is 13.8. The monoisotopic (exact) mass is 278 g/mol. The normalized spacial score (nSPS) is 23.3. The Labute approximate surface area is 115 Å². The fourth-order valence-electron chi connectivity index (χ4n) is 2.71. The highest BCUT2D eigenvalue weighted by Crippen LogP contribution is 2.30. The second kappa shape index (κ2) is 4.98. The van der Waals surface area contributed by atoms with Crippen molar-refractivity contribution in [3.8, 4) is 0 Å². The van der Waals surface area contributed by atoms with E-state index in [0.29, 0.717) is 11.9 Å². The number of piperidine rings is 1. The summed E-state index contributed by atoms with van der Waals surface area (Å²) in [5, 5.41) is 10.4. The minimum atomic E-state index is -0.659. The number of pyridine rings is 1. The van der Waals surface area contributed by atoms with Gasteiger partial charge in [-0.1, -0.05) is 6.92 Å². The first kappa shape index (κ1) is 13.2. The molecule has 3 nitrogen and oxygen atoms in total. The Morgan fingerprint density at radius 2 is 2.15 bits per heavy atom. The van der Waals surface area contributed by atoms with Gasteiger partial charge in [0.2, 0.25) is 0 Å². The molecule has 1 fully saturated rings. The van der Waals surface area contributed by atoms with Gasteiger partial charge in [0, 0.05) is 36.4 Å². The maximum Gasteiger partial charge on any atom is 0.152 e. The minimum absolute atomic E-state index is 0.164. The van der Waals surface area contributed by atoms with E-state index < -0.39 is 17.7 Å². The van der Waals surface area contributed by atoms with Gasteiger partial charge in [0.1, 0.15) is 11.3 Å². The van der Waals surface area contributed by atoms with Crippen LogP contribution in [-0.4, -0.2) is 29.3 Å². The third-order valence-corrected chi connectivity index (χ3v) is 4.00. The number of hydrogen-bond acceptors (Lipinski definition) is 3. The van der Waals surface area contributed by atoms with E-state index in [-0.39, 0.29) is 11.4 Å². The summed E-state index contributed by atoms with van der Waals surface area (Å²) in [6.07, 6.45) is 1.94. The molecule has 3 rings (SSSR count). The van der Waals surface area contributed by atoms with Crippen molar-refractivity contribution < 1.29 is 13.9 Å². The second-order valence-electron chi connectivity index (χ2n) is 5.39. The van der Waals surface area contributed by atoms with E-state index in [2.05, 4.69) is 4.98 Å². The van der Waals surface area contributed by atoms with Crippen LogP contribution >= 0.6 is 0 Å². The third-order valence-electron chi connectivity index (χ3n) is 4.00. The smallest absolute Gasteiger partial charge is 0.152 e. The molecule has 2 aromatic rings. The van der Waals surface area contributed by atoms with E-state index in [9.17, 15) is 13.9 Å². The first-order chi connectivity index (χ1) is 9.56. The Kier molecular flexibility index (Phi) is 3.30. The molecular weight excluding hydrogens is 262 g/mol.